The Labute approximate surface area is 92.0 Å². The van der Waals surface area contributed by atoms with E-state index in [1.165, 1.54) is 6.33 Å². The maximum absolute atomic E-state index is 8.91. The van der Waals surface area contributed by atoms with E-state index in [0.717, 1.165) is 5.69 Å². The molecule has 0 amide bonds. The van der Waals surface area contributed by atoms with Gasteiger partial charge in [0.1, 0.15) is 12.1 Å². The maximum atomic E-state index is 8.91. The first kappa shape index (κ1) is 9.94. The molecule has 0 aliphatic rings. The maximum Gasteiger partial charge on any atom is 0.176 e. The second-order valence-electron chi connectivity index (χ2n) is 3.27. The van der Waals surface area contributed by atoms with Crippen LogP contribution in [0.3, 0.4) is 0 Å². The van der Waals surface area contributed by atoms with Gasteiger partial charge in [-0.15, -0.1) is 0 Å². The van der Waals surface area contributed by atoms with Crippen LogP contribution in [0, 0.1) is 22.7 Å². The summed E-state index contributed by atoms with van der Waals surface area (Å²) in [4.78, 5) is 3.85. The third kappa shape index (κ3) is 1.64. The molecule has 0 unspecified atom stereocenters. The molecule has 2 aromatic heterocycles. The first-order valence-corrected chi connectivity index (χ1v) is 4.58. The molecule has 0 fully saturated rings. The second kappa shape index (κ2) is 3.87. The number of nitriles is 2. The van der Waals surface area contributed by atoms with E-state index in [-0.39, 0.29) is 11.4 Å². The fourth-order valence-corrected chi connectivity index (χ4v) is 1.42. The number of hydrogen-bond donors (Lipinski definition) is 0. The Morgan fingerprint density at radius 3 is 2.75 bits per heavy atom. The van der Waals surface area contributed by atoms with Gasteiger partial charge in [-0.3, -0.25) is 4.68 Å². The minimum absolute atomic E-state index is 0.151. The summed E-state index contributed by atoms with van der Waals surface area (Å²) >= 11 is 0. The van der Waals surface area contributed by atoms with Gasteiger partial charge in [0.05, 0.1) is 18.6 Å². The number of aryl methyl sites for hydroxylation is 1. The number of aromatic nitrogens is 4. The van der Waals surface area contributed by atoms with Crippen LogP contribution in [-0.2, 0) is 13.6 Å². The highest BCUT2D eigenvalue weighted by Crippen LogP contribution is 2.07. The van der Waals surface area contributed by atoms with Crippen LogP contribution in [0.1, 0.15) is 17.1 Å². The smallest absolute Gasteiger partial charge is 0.176 e. The van der Waals surface area contributed by atoms with Gasteiger partial charge in [-0.25, -0.2) is 4.98 Å². The van der Waals surface area contributed by atoms with Gasteiger partial charge in [-0.2, -0.15) is 15.6 Å². The van der Waals surface area contributed by atoms with Crippen molar-refractivity contribution in [1.29, 1.82) is 10.5 Å². The molecule has 16 heavy (non-hydrogen) atoms. The molecule has 0 bridgehead atoms. The zero-order chi connectivity index (χ0) is 11.5. The van der Waals surface area contributed by atoms with E-state index in [0.29, 0.717) is 6.54 Å². The predicted octanol–water partition coefficient (Wildman–Crippen LogP) is 0.408. The number of nitrogens with zero attached hydrogens (tertiary/aromatic N) is 6. The SMILES string of the molecule is Cn1ccc(Cn2cnc(C#N)c2C#N)n1. The highest BCUT2D eigenvalue weighted by Gasteiger charge is 2.10. The third-order valence-corrected chi connectivity index (χ3v) is 2.15. The molecule has 0 saturated heterocycles. The molecule has 0 atom stereocenters. The normalized spacial score (nSPS) is 9.69. The van der Waals surface area contributed by atoms with Gasteiger partial charge in [-0.1, -0.05) is 0 Å². The summed E-state index contributed by atoms with van der Waals surface area (Å²) in [6.07, 6.45) is 3.30. The van der Waals surface area contributed by atoms with Crippen molar-refractivity contribution >= 4 is 0 Å². The van der Waals surface area contributed by atoms with Crippen LogP contribution in [-0.4, -0.2) is 19.3 Å². The number of hydrogen-bond acceptors (Lipinski definition) is 4. The Morgan fingerprint density at radius 1 is 1.38 bits per heavy atom. The Hall–Kier alpha value is -2.60. The van der Waals surface area contributed by atoms with Crippen molar-refractivity contribution in [3.63, 3.8) is 0 Å². The van der Waals surface area contributed by atoms with Crippen molar-refractivity contribution in [1.82, 2.24) is 19.3 Å². The zero-order valence-electron chi connectivity index (χ0n) is 8.62. The van der Waals surface area contributed by atoms with E-state index in [9.17, 15) is 0 Å². The molecule has 0 saturated carbocycles. The van der Waals surface area contributed by atoms with Crippen molar-refractivity contribution in [2.75, 3.05) is 0 Å². The number of rotatable bonds is 2. The van der Waals surface area contributed by atoms with Gasteiger partial charge in [0, 0.05) is 13.2 Å². The van der Waals surface area contributed by atoms with Crippen LogP contribution in [0.15, 0.2) is 18.6 Å². The van der Waals surface area contributed by atoms with Crippen molar-refractivity contribution in [2.45, 2.75) is 6.54 Å². The molecule has 6 nitrogen and oxygen atoms in total. The fourth-order valence-electron chi connectivity index (χ4n) is 1.42. The summed E-state index contributed by atoms with van der Waals surface area (Å²) in [5.41, 5.74) is 1.24. The highest BCUT2D eigenvalue weighted by molar-refractivity contribution is 5.36. The van der Waals surface area contributed by atoms with Crippen LogP contribution >= 0.6 is 0 Å². The monoisotopic (exact) mass is 212 g/mol. The van der Waals surface area contributed by atoms with E-state index in [4.69, 9.17) is 10.5 Å². The van der Waals surface area contributed by atoms with Crippen molar-refractivity contribution in [3.8, 4) is 12.1 Å². The Kier molecular flexibility index (Phi) is 2.40. The van der Waals surface area contributed by atoms with E-state index in [1.807, 2.05) is 31.4 Å². The molecule has 6 heteroatoms. The molecular weight excluding hydrogens is 204 g/mol. The summed E-state index contributed by atoms with van der Waals surface area (Å²) in [5, 5.41) is 21.8. The minimum Gasteiger partial charge on any atom is -0.315 e. The first-order chi connectivity index (χ1) is 7.74. The van der Waals surface area contributed by atoms with Gasteiger partial charge < -0.3 is 4.57 Å². The lowest BCUT2D eigenvalue weighted by atomic mass is 10.3. The quantitative estimate of drug-likeness (QED) is 0.721. The van der Waals surface area contributed by atoms with Crippen LogP contribution in [0.2, 0.25) is 0 Å². The van der Waals surface area contributed by atoms with Gasteiger partial charge in [0.2, 0.25) is 0 Å². The fraction of sp³-hybridized carbons (Fsp3) is 0.200. The Morgan fingerprint density at radius 2 is 2.19 bits per heavy atom. The van der Waals surface area contributed by atoms with Crippen LogP contribution in [0.4, 0.5) is 0 Å². The highest BCUT2D eigenvalue weighted by atomic mass is 15.3. The topological polar surface area (TPSA) is 83.2 Å². The van der Waals surface area contributed by atoms with Gasteiger partial charge in [0.15, 0.2) is 11.4 Å². The van der Waals surface area contributed by atoms with Crippen LogP contribution in [0.5, 0.6) is 0 Å². The molecule has 0 aliphatic heterocycles. The molecule has 2 aromatic rings. The molecule has 2 rings (SSSR count). The van der Waals surface area contributed by atoms with Crippen molar-refractivity contribution < 1.29 is 0 Å². The van der Waals surface area contributed by atoms with Gasteiger partial charge in [-0.05, 0) is 6.07 Å². The van der Waals surface area contributed by atoms with E-state index < -0.39 is 0 Å². The zero-order valence-corrected chi connectivity index (χ0v) is 8.62. The summed E-state index contributed by atoms with van der Waals surface area (Å²) in [5.74, 6) is 0. The van der Waals surface area contributed by atoms with Crippen molar-refractivity contribution in [2.24, 2.45) is 7.05 Å². The van der Waals surface area contributed by atoms with E-state index in [2.05, 4.69) is 10.1 Å². The minimum atomic E-state index is 0.151. The molecular formula is C10H8N6. The lowest BCUT2D eigenvalue weighted by Gasteiger charge is -1.99. The molecule has 2 heterocycles. The Balaban J connectivity index is 2.33. The van der Waals surface area contributed by atoms with Crippen LogP contribution < -0.4 is 0 Å². The van der Waals surface area contributed by atoms with Gasteiger partial charge in [0.25, 0.3) is 0 Å². The van der Waals surface area contributed by atoms with Crippen molar-refractivity contribution in [3.05, 3.63) is 35.7 Å². The van der Waals surface area contributed by atoms with E-state index >= 15 is 0 Å². The molecule has 0 radical (unpaired) electrons. The molecule has 0 aromatic carbocycles. The number of imidazole rings is 1. The first-order valence-electron chi connectivity index (χ1n) is 4.58. The molecule has 0 spiro atoms. The van der Waals surface area contributed by atoms with Gasteiger partial charge >= 0.3 is 0 Å². The van der Waals surface area contributed by atoms with Crippen LogP contribution in [0.25, 0.3) is 0 Å². The summed E-state index contributed by atoms with van der Waals surface area (Å²) in [7, 11) is 1.82. The second-order valence-corrected chi connectivity index (χ2v) is 3.27. The standard InChI is InChI=1S/C10H8N6/c1-15-3-2-8(14-15)6-16-7-13-9(4-11)10(16)5-12/h2-3,7H,6H2,1H3. The Bertz CT molecular complexity index is 592. The molecule has 0 N–H and O–H groups in total. The van der Waals surface area contributed by atoms with E-state index in [1.54, 1.807) is 9.25 Å². The molecule has 0 aliphatic carbocycles. The largest absolute Gasteiger partial charge is 0.315 e. The lowest BCUT2D eigenvalue weighted by Crippen LogP contribution is -2.03. The molecule has 78 valence electrons. The third-order valence-electron chi connectivity index (χ3n) is 2.15. The predicted molar refractivity (Wildman–Crippen MR) is 54.0 cm³/mol. The lowest BCUT2D eigenvalue weighted by molar-refractivity contribution is 0.702. The summed E-state index contributed by atoms with van der Waals surface area (Å²) in [6.45, 7) is 0.443. The summed E-state index contributed by atoms with van der Waals surface area (Å²) in [6, 6.07) is 5.70. The summed E-state index contributed by atoms with van der Waals surface area (Å²) < 4.78 is 3.30. The average Bonchev–Trinajstić information content (AvgIpc) is 2.85. The average molecular weight is 212 g/mol.